The number of phenolic OH excluding ortho intramolecular Hbond substituents is 1. The van der Waals surface area contributed by atoms with Gasteiger partial charge < -0.3 is 10.1 Å². The molecule has 0 spiro atoms. The van der Waals surface area contributed by atoms with Gasteiger partial charge in [0.05, 0.1) is 10.6 Å². The Morgan fingerprint density at radius 1 is 0.895 bits per heavy atom. The zero-order chi connectivity index (χ0) is 13.2. The number of phenols is 1. The Bertz CT molecular complexity index is 742. The lowest BCUT2D eigenvalue weighted by Crippen LogP contribution is -1.81. The quantitative estimate of drug-likeness (QED) is 0.661. The first-order valence-electron chi connectivity index (χ1n) is 5.82. The van der Waals surface area contributed by atoms with Gasteiger partial charge >= 0.3 is 0 Å². The Morgan fingerprint density at radius 3 is 2.26 bits per heavy atom. The molecule has 0 radical (unpaired) electrons. The van der Waals surface area contributed by atoms with Crippen LogP contribution in [-0.2, 0) is 0 Å². The average molecular weight is 285 g/mol. The maximum absolute atomic E-state index is 9.37. The molecule has 0 unspecified atom stereocenters. The van der Waals surface area contributed by atoms with Crippen molar-refractivity contribution in [3.8, 4) is 27.4 Å². The molecule has 3 aromatic rings. The van der Waals surface area contributed by atoms with Crippen molar-refractivity contribution in [3.63, 3.8) is 0 Å². The molecule has 1 heterocycles. The van der Waals surface area contributed by atoms with Crippen LogP contribution in [0.2, 0.25) is 0 Å². The van der Waals surface area contributed by atoms with E-state index in [4.69, 9.17) is 12.2 Å². The van der Waals surface area contributed by atoms with E-state index in [0.29, 0.717) is 0 Å². The van der Waals surface area contributed by atoms with Crippen molar-refractivity contribution in [2.45, 2.75) is 0 Å². The summed E-state index contributed by atoms with van der Waals surface area (Å²) in [6, 6.07) is 17.3. The molecule has 94 valence electrons. The minimum Gasteiger partial charge on any atom is -0.508 e. The molecule has 0 atom stereocenters. The Balaban J connectivity index is 2.17. The zero-order valence-corrected chi connectivity index (χ0v) is 11.6. The molecule has 4 heteroatoms. The van der Waals surface area contributed by atoms with Crippen molar-refractivity contribution in [2.75, 3.05) is 0 Å². The largest absolute Gasteiger partial charge is 0.508 e. The molecule has 0 saturated heterocycles. The molecular formula is C15H11NOS2. The molecule has 0 amide bonds. The lowest BCUT2D eigenvalue weighted by atomic mass is 10.1. The maximum atomic E-state index is 9.37. The third kappa shape index (κ3) is 2.45. The van der Waals surface area contributed by atoms with E-state index in [1.807, 2.05) is 30.3 Å². The van der Waals surface area contributed by atoms with E-state index in [2.05, 4.69) is 17.1 Å². The number of benzene rings is 2. The second-order valence-corrected chi connectivity index (χ2v) is 5.82. The monoisotopic (exact) mass is 285 g/mol. The van der Waals surface area contributed by atoms with Crippen LogP contribution >= 0.6 is 23.6 Å². The number of hydrogen-bond acceptors (Lipinski definition) is 3. The summed E-state index contributed by atoms with van der Waals surface area (Å²) >= 11 is 6.82. The van der Waals surface area contributed by atoms with Crippen molar-refractivity contribution < 1.29 is 5.11 Å². The van der Waals surface area contributed by atoms with Gasteiger partial charge in [-0.3, -0.25) is 0 Å². The summed E-state index contributed by atoms with van der Waals surface area (Å²) in [6.07, 6.45) is 0. The second-order valence-electron chi connectivity index (χ2n) is 4.13. The first-order valence-corrected chi connectivity index (χ1v) is 7.04. The highest BCUT2D eigenvalue weighted by molar-refractivity contribution is 7.73. The van der Waals surface area contributed by atoms with Crippen molar-refractivity contribution in [1.29, 1.82) is 0 Å². The van der Waals surface area contributed by atoms with Crippen LogP contribution in [0.25, 0.3) is 21.7 Å². The van der Waals surface area contributed by atoms with E-state index in [1.165, 1.54) is 0 Å². The van der Waals surface area contributed by atoms with Crippen LogP contribution < -0.4 is 0 Å². The van der Waals surface area contributed by atoms with Gasteiger partial charge in [-0.1, -0.05) is 30.3 Å². The lowest BCUT2D eigenvalue weighted by molar-refractivity contribution is 0.475. The fourth-order valence-electron chi connectivity index (χ4n) is 1.95. The number of aromatic amines is 1. The SMILES string of the molecule is Oc1ccc(-c2[nH]c(=S)sc2-c2ccccc2)cc1. The first-order chi connectivity index (χ1) is 9.24. The molecule has 3 rings (SSSR count). The summed E-state index contributed by atoms with van der Waals surface area (Å²) in [7, 11) is 0. The molecule has 2 nitrogen and oxygen atoms in total. The van der Waals surface area contributed by atoms with Crippen molar-refractivity contribution in [3.05, 3.63) is 58.6 Å². The Hall–Kier alpha value is -1.91. The summed E-state index contributed by atoms with van der Waals surface area (Å²) in [6.45, 7) is 0. The van der Waals surface area contributed by atoms with Gasteiger partial charge in [-0.05, 0) is 47.6 Å². The number of rotatable bonds is 2. The summed E-state index contributed by atoms with van der Waals surface area (Å²) in [5.41, 5.74) is 3.16. The van der Waals surface area contributed by atoms with Crippen molar-refractivity contribution >= 4 is 23.6 Å². The summed E-state index contributed by atoms with van der Waals surface area (Å²) in [5.74, 6) is 0.263. The molecule has 0 aliphatic rings. The predicted molar refractivity (Wildman–Crippen MR) is 82.0 cm³/mol. The molecule has 1 aromatic heterocycles. The smallest absolute Gasteiger partial charge is 0.159 e. The molecule has 0 bridgehead atoms. The Morgan fingerprint density at radius 2 is 1.58 bits per heavy atom. The van der Waals surface area contributed by atoms with Gasteiger partial charge in [0.2, 0.25) is 0 Å². The summed E-state index contributed by atoms with van der Waals surface area (Å²) in [5, 5.41) is 9.37. The van der Waals surface area contributed by atoms with Crippen LogP contribution in [0, 0.1) is 3.95 Å². The zero-order valence-electron chi connectivity index (χ0n) is 9.96. The Labute approximate surface area is 120 Å². The highest BCUT2D eigenvalue weighted by Crippen LogP contribution is 2.35. The second kappa shape index (κ2) is 4.99. The van der Waals surface area contributed by atoms with Gasteiger partial charge in [0.15, 0.2) is 3.95 Å². The van der Waals surface area contributed by atoms with Gasteiger partial charge in [0.25, 0.3) is 0 Å². The minimum atomic E-state index is 0.263. The fourth-order valence-corrected chi connectivity index (χ4v) is 3.17. The van der Waals surface area contributed by atoms with Crippen LogP contribution in [0.5, 0.6) is 5.75 Å². The van der Waals surface area contributed by atoms with Crippen molar-refractivity contribution in [1.82, 2.24) is 4.98 Å². The number of nitrogens with one attached hydrogen (secondary N) is 1. The molecule has 2 aromatic carbocycles. The third-order valence-electron chi connectivity index (χ3n) is 2.84. The van der Waals surface area contributed by atoms with Gasteiger partial charge in [-0.15, -0.1) is 11.3 Å². The molecule has 0 fully saturated rings. The van der Waals surface area contributed by atoms with Crippen LogP contribution in [0.15, 0.2) is 54.6 Å². The van der Waals surface area contributed by atoms with Gasteiger partial charge in [-0.25, -0.2) is 0 Å². The lowest BCUT2D eigenvalue weighted by Gasteiger charge is -2.03. The van der Waals surface area contributed by atoms with Gasteiger partial charge in [-0.2, -0.15) is 0 Å². The molecule has 0 saturated carbocycles. The summed E-state index contributed by atoms with van der Waals surface area (Å²) in [4.78, 5) is 4.35. The molecule has 0 aliphatic heterocycles. The van der Waals surface area contributed by atoms with Crippen LogP contribution in [-0.4, -0.2) is 10.1 Å². The molecule has 19 heavy (non-hydrogen) atoms. The first kappa shape index (κ1) is 12.1. The number of H-pyrrole nitrogens is 1. The van der Waals surface area contributed by atoms with Crippen LogP contribution in [0.4, 0.5) is 0 Å². The maximum Gasteiger partial charge on any atom is 0.159 e. The highest BCUT2D eigenvalue weighted by Gasteiger charge is 2.10. The van der Waals surface area contributed by atoms with E-state index in [-0.39, 0.29) is 5.75 Å². The third-order valence-corrected chi connectivity index (χ3v) is 4.12. The number of aromatic hydroxyl groups is 1. The number of hydrogen-bond donors (Lipinski definition) is 2. The minimum absolute atomic E-state index is 0.263. The van der Waals surface area contributed by atoms with E-state index < -0.39 is 0 Å². The van der Waals surface area contributed by atoms with E-state index in [1.54, 1.807) is 23.5 Å². The Kier molecular flexibility index (Phi) is 3.19. The number of thiazole rings is 1. The highest BCUT2D eigenvalue weighted by atomic mass is 32.1. The van der Waals surface area contributed by atoms with E-state index >= 15 is 0 Å². The normalized spacial score (nSPS) is 10.5. The van der Waals surface area contributed by atoms with Gasteiger partial charge in [0, 0.05) is 0 Å². The van der Waals surface area contributed by atoms with Gasteiger partial charge in [0.1, 0.15) is 5.75 Å². The molecule has 2 N–H and O–H groups in total. The predicted octanol–water partition coefficient (Wildman–Crippen LogP) is 4.85. The van der Waals surface area contributed by atoms with Crippen LogP contribution in [0.3, 0.4) is 0 Å². The molecule has 0 aliphatic carbocycles. The van der Waals surface area contributed by atoms with Crippen molar-refractivity contribution in [2.24, 2.45) is 0 Å². The molecular weight excluding hydrogens is 274 g/mol. The van der Waals surface area contributed by atoms with E-state index in [0.717, 1.165) is 25.7 Å². The van der Waals surface area contributed by atoms with Crippen LogP contribution in [0.1, 0.15) is 0 Å². The summed E-state index contributed by atoms with van der Waals surface area (Å²) < 4.78 is 0.752. The van der Waals surface area contributed by atoms with E-state index in [9.17, 15) is 5.11 Å². The standard InChI is InChI=1S/C15H11NOS2/c17-12-8-6-10(7-9-12)13-14(19-15(18)16-13)11-4-2-1-3-5-11/h1-9,17H,(H,16,18). The topological polar surface area (TPSA) is 36.0 Å². The fraction of sp³-hybridized carbons (Fsp3) is 0. The number of aromatic nitrogens is 1. The average Bonchev–Trinajstić information content (AvgIpc) is 2.83.